The van der Waals surface area contributed by atoms with Gasteiger partial charge in [0.05, 0.1) is 18.2 Å². The summed E-state index contributed by atoms with van der Waals surface area (Å²) in [7, 11) is 0. The Labute approximate surface area is 134 Å². The summed E-state index contributed by atoms with van der Waals surface area (Å²) in [6, 6.07) is 5.07. The highest BCUT2D eigenvalue weighted by Gasteiger charge is 2.42. The summed E-state index contributed by atoms with van der Waals surface area (Å²) < 4.78 is 18.7. The Morgan fingerprint density at radius 1 is 1.43 bits per heavy atom. The summed E-state index contributed by atoms with van der Waals surface area (Å²) >= 11 is 0. The third kappa shape index (κ3) is 2.93. The van der Waals surface area contributed by atoms with E-state index in [0.717, 1.165) is 12.8 Å². The summed E-state index contributed by atoms with van der Waals surface area (Å²) in [5.74, 6) is -0.896. The molecule has 1 fully saturated rings. The van der Waals surface area contributed by atoms with Crippen molar-refractivity contribution in [1.29, 1.82) is 0 Å². The van der Waals surface area contributed by atoms with E-state index in [1.165, 1.54) is 12.1 Å². The van der Waals surface area contributed by atoms with Crippen LogP contribution in [0, 0.1) is 5.82 Å². The van der Waals surface area contributed by atoms with Gasteiger partial charge >= 0.3 is 12.0 Å². The standard InChI is InChI=1S/C17H19FN2O3/c1-3-23-16(21)14-10(2)20(13-7-8-13)17(22)19-15(14)11-5-4-6-12(18)9-11/h4-6,9,13,15H,3,7-8H2,1-2H3,(H,19,22)/t15-/m0/s1. The van der Waals surface area contributed by atoms with Gasteiger partial charge in [0.2, 0.25) is 0 Å². The molecule has 122 valence electrons. The first-order valence-electron chi connectivity index (χ1n) is 7.76. The van der Waals surface area contributed by atoms with Crippen molar-refractivity contribution in [3.8, 4) is 0 Å². The molecular weight excluding hydrogens is 299 g/mol. The van der Waals surface area contributed by atoms with E-state index < -0.39 is 17.8 Å². The molecule has 2 amide bonds. The van der Waals surface area contributed by atoms with E-state index in [-0.39, 0.29) is 18.7 Å². The molecule has 1 aromatic rings. The molecule has 0 aromatic heterocycles. The third-order valence-corrected chi connectivity index (χ3v) is 4.12. The monoisotopic (exact) mass is 318 g/mol. The lowest BCUT2D eigenvalue weighted by atomic mass is 9.94. The van der Waals surface area contributed by atoms with E-state index in [4.69, 9.17) is 4.74 Å². The Balaban J connectivity index is 2.06. The van der Waals surface area contributed by atoms with Gasteiger partial charge in [0.15, 0.2) is 0 Å². The van der Waals surface area contributed by atoms with Crippen molar-refractivity contribution in [3.63, 3.8) is 0 Å². The summed E-state index contributed by atoms with van der Waals surface area (Å²) in [6.07, 6.45) is 1.84. The number of carbonyl (C=O) groups excluding carboxylic acids is 2. The number of rotatable bonds is 4. The fourth-order valence-electron chi connectivity index (χ4n) is 2.94. The lowest BCUT2D eigenvalue weighted by molar-refractivity contribution is -0.139. The molecule has 0 unspecified atom stereocenters. The number of allylic oxidation sites excluding steroid dienone is 1. The first kappa shape index (κ1) is 15.5. The SMILES string of the molecule is CCOC(=O)C1=C(C)N(C2CC2)C(=O)N[C@H]1c1cccc(F)c1. The van der Waals surface area contributed by atoms with Gasteiger partial charge < -0.3 is 10.1 Å². The molecule has 3 rings (SSSR count). The summed E-state index contributed by atoms with van der Waals surface area (Å²) in [6.45, 7) is 3.71. The predicted molar refractivity (Wildman–Crippen MR) is 81.9 cm³/mol. The van der Waals surface area contributed by atoms with Crippen LogP contribution in [0.15, 0.2) is 35.5 Å². The minimum Gasteiger partial charge on any atom is -0.463 e. The van der Waals surface area contributed by atoms with E-state index in [2.05, 4.69) is 5.32 Å². The van der Waals surface area contributed by atoms with Gasteiger partial charge in [-0.05, 0) is 44.4 Å². The second-order valence-corrected chi connectivity index (χ2v) is 5.76. The molecule has 2 aliphatic rings. The molecule has 6 heteroatoms. The van der Waals surface area contributed by atoms with Crippen LogP contribution < -0.4 is 5.32 Å². The molecule has 0 spiro atoms. The molecule has 1 N–H and O–H groups in total. The predicted octanol–water partition coefficient (Wildman–Crippen LogP) is 2.89. The second kappa shape index (κ2) is 6.02. The summed E-state index contributed by atoms with van der Waals surface area (Å²) in [4.78, 5) is 26.4. The quantitative estimate of drug-likeness (QED) is 0.869. The Kier molecular flexibility index (Phi) is 4.07. The average molecular weight is 318 g/mol. The smallest absolute Gasteiger partial charge is 0.338 e. The number of ether oxygens (including phenoxy) is 1. The first-order chi connectivity index (χ1) is 11.0. The lowest BCUT2D eigenvalue weighted by Gasteiger charge is -2.35. The Hall–Kier alpha value is -2.37. The van der Waals surface area contributed by atoms with Crippen molar-refractivity contribution in [2.45, 2.75) is 38.8 Å². The van der Waals surface area contributed by atoms with Crippen molar-refractivity contribution < 1.29 is 18.7 Å². The molecule has 0 saturated heterocycles. The normalized spacial score (nSPS) is 21.3. The fraction of sp³-hybridized carbons (Fsp3) is 0.412. The van der Waals surface area contributed by atoms with Crippen molar-refractivity contribution in [2.24, 2.45) is 0 Å². The number of esters is 1. The highest BCUT2D eigenvalue weighted by molar-refractivity contribution is 5.95. The van der Waals surface area contributed by atoms with Crippen molar-refractivity contribution in [3.05, 3.63) is 46.9 Å². The van der Waals surface area contributed by atoms with Crippen LogP contribution in [0.3, 0.4) is 0 Å². The number of benzene rings is 1. The maximum absolute atomic E-state index is 13.6. The maximum atomic E-state index is 13.6. The van der Waals surface area contributed by atoms with E-state index in [0.29, 0.717) is 16.8 Å². The van der Waals surface area contributed by atoms with Gasteiger partial charge in [-0.1, -0.05) is 12.1 Å². The third-order valence-electron chi connectivity index (χ3n) is 4.12. The molecule has 23 heavy (non-hydrogen) atoms. The lowest BCUT2D eigenvalue weighted by Crippen LogP contribution is -2.48. The molecule has 1 aromatic carbocycles. The molecular formula is C17H19FN2O3. The number of amides is 2. The van der Waals surface area contributed by atoms with Crippen molar-refractivity contribution in [2.75, 3.05) is 6.61 Å². The summed E-state index contributed by atoms with van der Waals surface area (Å²) in [5, 5.41) is 2.81. The minimum atomic E-state index is -0.702. The first-order valence-corrected chi connectivity index (χ1v) is 7.76. The van der Waals surface area contributed by atoms with Crippen LogP contribution in [0.1, 0.15) is 38.3 Å². The summed E-state index contributed by atoms with van der Waals surface area (Å²) in [5.41, 5.74) is 1.48. The average Bonchev–Trinajstić information content (AvgIpc) is 3.31. The molecule has 0 bridgehead atoms. The van der Waals surface area contributed by atoms with E-state index in [1.54, 1.807) is 30.9 Å². The van der Waals surface area contributed by atoms with Crippen LogP contribution in [-0.4, -0.2) is 29.5 Å². The van der Waals surface area contributed by atoms with Crippen LogP contribution in [0.2, 0.25) is 0 Å². The van der Waals surface area contributed by atoms with Crippen LogP contribution in [0.4, 0.5) is 9.18 Å². The highest BCUT2D eigenvalue weighted by atomic mass is 19.1. The zero-order chi connectivity index (χ0) is 16.6. The number of hydrogen-bond donors (Lipinski definition) is 1. The minimum absolute atomic E-state index is 0.132. The number of nitrogens with zero attached hydrogens (tertiary/aromatic N) is 1. The van der Waals surface area contributed by atoms with Crippen molar-refractivity contribution in [1.82, 2.24) is 10.2 Å². The van der Waals surface area contributed by atoms with Crippen LogP contribution in [-0.2, 0) is 9.53 Å². The van der Waals surface area contributed by atoms with Gasteiger partial charge in [-0.15, -0.1) is 0 Å². The number of carbonyl (C=O) groups is 2. The largest absolute Gasteiger partial charge is 0.463 e. The molecule has 1 saturated carbocycles. The van der Waals surface area contributed by atoms with Gasteiger partial charge in [0.1, 0.15) is 5.82 Å². The van der Waals surface area contributed by atoms with Gasteiger partial charge in [-0.25, -0.2) is 14.0 Å². The van der Waals surface area contributed by atoms with Gasteiger partial charge in [-0.3, -0.25) is 4.90 Å². The van der Waals surface area contributed by atoms with Crippen molar-refractivity contribution >= 4 is 12.0 Å². The maximum Gasteiger partial charge on any atom is 0.338 e. The number of halogens is 1. The highest BCUT2D eigenvalue weighted by Crippen LogP contribution is 2.37. The molecule has 1 atom stereocenters. The van der Waals surface area contributed by atoms with E-state index in [9.17, 15) is 14.0 Å². The topological polar surface area (TPSA) is 58.6 Å². The van der Waals surface area contributed by atoms with Crippen LogP contribution >= 0.6 is 0 Å². The Bertz CT molecular complexity index is 682. The molecule has 1 heterocycles. The van der Waals surface area contributed by atoms with E-state index in [1.807, 2.05) is 0 Å². The Morgan fingerprint density at radius 2 is 2.17 bits per heavy atom. The second-order valence-electron chi connectivity index (χ2n) is 5.76. The Morgan fingerprint density at radius 3 is 2.78 bits per heavy atom. The zero-order valence-electron chi connectivity index (χ0n) is 13.1. The molecule has 0 radical (unpaired) electrons. The van der Waals surface area contributed by atoms with E-state index >= 15 is 0 Å². The molecule has 1 aliphatic heterocycles. The van der Waals surface area contributed by atoms with Gasteiger partial charge in [-0.2, -0.15) is 0 Å². The number of urea groups is 1. The molecule has 5 nitrogen and oxygen atoms in total. The van der Waals surface area contributed by atoms with Crippen LogP contribution in [0.25, 0.3) is 0 Å². The fourth-order valence-corrected chi connectivity index (χ4v) is 2.94. The number of nitrogens with one attached hydrogen (secondary N) is 1. The zero-order valence-corrected chi connectivity index (χ0v) is 13.1. The van der Waals surface area contributed by atoms with Gasteiger partial charge in [0.25, 0.3) is 0 Å². The van der Waals surface area contributed by atoms with Gasteiger partial charge in [0, 0.05) is 11.7 Å². The van der Waals surface area contributed by atoms with Crippen LogP contribution in [0.5, 0.6) is 0 Å². The molecule has 1 aliphatic carbocycles. The number of hydrogen-bond acceptors (Lipinski definition) is 3.